The monoisotopic (exact) mass is 569 g/mol. The second-order valence-electron chi connectivity index (χ2n) is 8.50. The van der Waals surface area contributed by atoms with Crippen LogP contribution in [0.15, 0.2) is 95.4 Å². The molecule has 3 rings (SSSR count). The SMILES string of the molecule is COC(=O)/C(=C(\COC(C)=O)Cc1ccc(S(C)(=O)=O)cc1)c1ccccc1.O=[N+]([O-])OCCc1ccccc1. The van der Waals surface area contributed by atoms with Gasteiger partial charge in [-0.05, 0) is 47.2 Å². The van der Waals surface area contributed by atoms with Crippen molar-refractivity contribution in [2.24, 2.45) is 0 Å². The molecule has 40 heavy (non-hydrogen) atoms. The molecule has 10 nitrogen and oxygen atoms in total. The fraction of sp³-hybridized carbons (Fsp3) is 0.241. The van der Waals surface area contributed by atoms with Gasteiger partial charge in [0.2, 0.25) is 0 Å². The molecule has 0 N–H and O–H groups in total. The summed E-state index contributed by atoms with van der Waals surface area (Å²) in [6.07, 6.45) is 2.00. The Morgan fingerprint density at radius 2 is 1.45 bits per heavy atom. The van der Waals surface area contributed by atoms with E-state index in [-0.39, 0.29) is 24.5 Å². The van der Waals surface area contributed by atoms with Crippen molar-refractivity contribution in [2.45, 2.75) is 24.7 Å². The molecule has 0 saturated carbocycles. The van der Waals surface area contributed by atoms with Gasteiger partial charge in [-0.15, -0.1) is 10.1 Å². The Kier molecular flexibility index (Phi) is 12.5. The summed E-state index contributed by atoms with van der Waals surface area (Å²) in [6, 6.07) is 24.8. The predicted octanol–water partition coefficient (Wildman–Crippen LogP) is 4.26. The smallest absolute Gasteiger partial charge is 0.338 e. The van der Waals surface area contributed by atoms with E-state index in [1.54, 1.807) is 36.4 Å². The molecular weight excluding hydrogens is 538 g/mol. The molecule has 0 bridgehead atoms. The third-order valence-corrected chi connectivity index (χ3v) is 6.58. The van der Waals surface area contributed by atoms with Gasteiger partial charge in [0.15, 0.2) is 9.84 Å². The molecule has 0 heterocycles. The average molecular weight is 570 g/mol. The van der Waals surface area contributed by atoms with Crippen molar-refractivity contribution in [1.29, 1.82) is 0 Å². The van der Waals surface area contributed by atoms with Crippen molar-refractivity contribution >= 4 is 27.3 Å². The maximum Gasteiger partial charge on any atom is 0.338 e. The predicted molar refractivity (Wildman–Crippen MR) is 148 cm³/mol. The molecule has 212 valence electrons. The topological polar surface area (TPSA) is 139 Å². The molecule has 3 aromatic carbocycles. The number of hydrogen-bond donors (Lipinski definition) is 0. The van der Waals surface area contributed by atoms with Gasteiger partial charge in [0.05, 0.1) is 17.6 Å². The van der Waals surface area contributed by atoms with Crippen LogP contribution in [-0.4, -0.2) is 52.0 Å². The van der Waals surface area contributed by atoms with Crippen molar-refractivity contribution in [3.8, 4) is 0 Å². The molecule has 0 spiro atoms. The highest BCUT2D eigenvalue weighted by Gasteiger charge is 2.20. The molecule has 0 fully saturated rings. The van der Waals surface area contributed by atoms with Gasteiger partial charge in [0.25, 0.3) is 5.09 Å². The molecule has 0 aliphatic carbocycles. The average Bonchev–Trinajstić information content (AvgIpc) is 2.92. The van der Waals surface area contributed by atoms with Crippen LogP contribution in [0.25, 0.3) is 5.57 Å². The van der Waals surface area contributed by atoms with Gasteiger partial charge >= 0.3 is 11.9 Å². The van der Waals surface area contributed by atoms with Crippen LogP contribution in [0.5, 0.6) is 0 Å². The van der Waals surface area contributed by atoms with Crippen LogP contribution in [0.1, 0.15) is 23.6 Å². The molecule has 0 saturated heterocycles. The first-order valence-electron chi connectivity index (χ1n) is 12.1. The Bertz CT molecular complexity index is 1400. The van der Waals surface area contributed by atoms with Crippen LogP contribution in [0.2, 0.25) is 0 Å². The highest BCUT2D eigenvalue weighted by molar-refractivity contribution is 7.90. The summed E-state index contributed by atoms with van der Waals surface area (Å²) in [5.41, 5.74) is 3.33. The van der Waals surface area contributed by atoms with Crippen LogP contribution in [0.4, 0.5) is 0 Å². The van der Waals surface area contributed by atoms with Crippen LogP contribution >= 0.6 is 0 Å². The summed E-state index contributed by atoms with van der Waals surface area (Å²) >= 11 is 0. The first kappa shape index (κ1) is 31.7. The zero-order valence-corrected chi connectivity index (χ0v) is 23.3. The Morgan fingerprint density at radius 1 is 0.875 bits per heavy atom. The van der Waals surface area contributed by atoms with E-state index < -0.39 is 26.9 Å². The van der Waals surface area contributed by atoms with E-state index in [9.17, 15) is 28.1 Å². The van der Waals surface area contributed by atoms with Crippen molar-refractivity contribution in [3.05, 3.63) is 117 Å². The van der Waals surface area contributed by atoms with Gasteiger partial charge < -0.3 is 14.3 Å². The largest absolute Gasteiger partial charge is 0.465 e. The minimum absolute atomic E-state index is 0.0809. The Balaban J connectivity index is 0.000000389. The van der Waals surface area contributed by atoms with Crippen molar-refractivity contribution in [1.82, 2.24) is 0 Å². The maximum absolute atomic E-state index is 12.5. The lowest BCUT2D eigenvalue weighted by Crippen LogP contribution is -2.14. The van der Waals surface area contributed by atoms with Crippen molar-refractivity contribution < 1.29 is 37.4 Å². The second kappa shape index (κ2) is 15.8. The molecule has 11 heteroatoms. The van der Waals surface area contributed by atoms with Gasteiger partial charge in [0, 0.05) is 13.2 Å². The molecule has 0 radical (unpaired) electrons. The third-order valence-electron chi connectivity index (χ3n) is 5.45. The zero-order chi connectivity index (χ0) is 29.5. The molecule has 0 aliphatic rings. The highest BCUT2D eigenvalue weighted by Crippen LogP contribution is 2.24. The van der Waals surface area contributed by atoms with Crippen LogP contribution < -0.4 is 0 Å². The number of hydrogen-bond acceptors (Lipinski definition) is 9. The second-order valence-corrected chi connectivity index (χ2v) is 10.5. The van der Waals surface area contributed by atoms with Gasteiger partial charge in [-0.2, -0.15) is 0 Å². The van der Waals surface area contributed by atoms with Gasteiger partial charge in [-0.1, -0.05) is 72.8 Å². The Morgan fingerprint density at radius 3 is 1.95 bits per heavy atom. The van der Waals surface area contributed by atoms with Gasteiger partial charge in [-0.3, -0.25) is 4.79 Å². The van der Waals surface area contributed by atoms with Crippen molar-refractivity contribution in [3.63, 3.8) is 0 Å². The molecular formula is C29H31NO9S. The van der Waals surface area contributed by atoms with E-state index in [1.165, 1.54) is 26.2 Å². The number of nitrogens with zero attached hydrogens (tertiary/aromatic N) is 1. The lowest BCUT2D eigenvalue weighted by molar-refractivity contribution is -0.757. The van der Waals surface area contributed by atoms with Crippen LogP contribution in [0, 0.1) is 10.1 Å². The molecule has 0 amide bonds. The number of esters is 2. The number of methoxy groups -OCH3 is 1. The van der Waals surface area contributed by atoms with E-state index >= 15 is 0 Å². The zero-order valence-electron chi connectivity index (χ0n) is 22.4. The molecule has 0 unspecified atom stereocenters. The van der Waals surface area contributed by atoms with Crippen molar-refractivity contribution in [2.75, 3.05) is 26.6 Å². The lowest BCUT2D eigenvalue weighted by Gasteiger charge is -2.15. The van der Waals surface area contributed by atoms with Crippen LogP contribution in [0.3, 0.4) is 0 Å². The lowest BCUT2D eigenvalue weighted by atomic mass is 9.95. The number of rotatable bonds is 11. The number of sulfone groups is 1. The molecule has 0 aromatic heterocycles. The van der Waals surface area contributed by atoms with Gasteiger partial charge in [0.1, 0.15) is 13.2 Å². The first-order valence-corrected chi connectivity index (χ1v) is 14.0. The summed E-state index contributed by atoms with van der Waals surface area (Å²) in [5, 5.41) is 9.00. The van der Waals surface area contributed by atoms with Gasteiger partial charge in [-0.25, -0.2) is 13.2 Å². The summed E-state index contributed by atoms with van der Waals surface area (Å²) in [7, 11) is -2.01. The highest BCUT2D eigenvalue weighted by atomic mass is 32.2. The van der Waals surface area contributed by atoms with E-state index in [4.69, 9.17) is 9.47 Å². The maximum atomic E-state index is 12.5. The number of ether oxygens (including phenoxy) is 2. The normalized spacial score (nSPS) is 11.3. The first-order chi connectivity index (χ1) is 19.0. The number of carbonyl (C=O) groups excluding carboxylic acids is 2. The Labute approximate surface area is 233 Å². The summed E-state index contributed by atoms with van der Waals surface area (Å²) in [6.45, 7) is 1.33. The fourth-order valence-corrected chi connectivity index (χ4v) is 4.19. The van der Waals surface area contributed by atoms with E-state index in [0.717, 1.165) is 17.4 Å². The quantitative estimate of drug-likeness (QED) is 0.143. The number of carbonyl (C=O) groups is 2. The Hall–Kier alpha value is -4.51. The summed E-state index contributed by atoms with van der Waals surface area (Å²) in [4.78, 5) is 37.9. The number of benzene rings is 3. The van der Waals surface area contributed by atoms with E-state index in [1.807, 2.05) is 36.4 Å². The minimum Gasteiger partial charge on any atom is -0.465 e. The van der Waals surface area contributed by atoms with E-state index in [0.29, 0.717) is 23.1 Å². The standard InChI is InChI=1S/C21H22O6S.C8H9NO3/c1-15(22)27-14-18(13-16-9-11-19(12-10-16)28(3,24)25)20(21(23)26-2)17-7-5-4-6-8-17;10-9(11)12-7-6-8-4-2-1-3-5-8/h4-12H,13-14H2,1-3H3;1-5H,6-7H2/b20-18-;. The molecule has 0 aliphatic heterocycles. The summed E-state index contributed by atoms with van der Waals surface area (Å²) < 4.78 is 33.4. The minimum atomic E-state index is -3.30. The molecule has 3 aromatic rings. The fourth-order valence-electron chi connectivity index (χ4n) is 3.56. The molecule has 0 atom stereocenters. The summed E-state index contributed by atoms with van der Waals surface area (Å²) in [5.74, 6) is -1.01. The van der Waals surface area contributed by atoms with Crippen LogP contribution in [-0.2, 0) is 46.6 Å². The van der Waals surface area contributed by atoms with E-state index in [2.05, 4.69) is 4.84 Å². The third kappa shape index (κ3) is 11.1.